The van der Waals surface area contributed by atoms with Gasteiger partial charge in [0.2, 0.25) is 5.75 Å². The summed E-state index contributed by atoms with van der Waals surface area (Å²) in [6.45, 7) is 2.93. The molecule has 2 aromatic rings. The van der Waals surface area contributed by atoms with Gasteiger partial charge in [-0.2, -0.15) is 18.0 Å². The Morgan fingerprint density at radius 2 is 1.74 bits per heavy atom. The van der Waals surface area contributed by atoms with E-state index in [0.717, 1.165) is 30.3 Å². The number of hydrogen-bond donors (Lipinski definition) is 0. The number of nitro groups is 1. The Labute approximate surface area is 177 Å². The molecule has 2 rings (SSSR count). The number of nitro benzene ring substituents is 1. The molecule has 0 heterocycles. The van der Waals surface area contributed by atoms with Crippen molar-refractivity contribution in [3.63, 3.8) is 0 Å². The minimum Gasteiger partial charge on any atom is -0.456 e. The quantitative estimate of drug-likeness (QED) is 0.183. The van der Waals surface area contributed by atoms with Gasteiger partial charge in [-0.1, -0.05) is 25.4 Å². The summed E-state index contributed by atoms with van der Waals surface area (Å²) in [5.74, 6) is -2.50. The molecular formula is C18H13ClF3NO8. The molecule has 0 aliphatic heterocycles. The van der Waals surface area contributed by atoms with Crippen molar-refractivity contribution in [1.29, 1.82) is 0 Å². The van der Waals surface area contributed by atoms with Crippen LogP contribution < -0.4 is 9.47 Å². The zero-order chi connectivity index (χ0) is 23.3. The van der Waals surface area contributed by atoms with E-state index in [1.807, 2.05) is 0 Å². The summed E-state index contributed by atoms with van der Waals surface area (Å²) < 4.78 is 48.2. The molecule has 0 saturated carbocycles. The maximum atomic E-state index is 12.7. The number of ether oxygens (including phenoxy) is 2. The van der Waals surface area contributed by atoms with E-state index >= 15 is 0 Å². The topological polar surface area (TPSA) is 114 Å². The molecule has 0 spiro atoms. The van der Waals surface area contributed by atoms with Gasteiger partial charge >= 0.3 is 24.0 Å². The molecule has 0 radical (unpaired) electrons. The van der Waals surface area contributed by atoms with Gasteiger partial charge in [0.25, 0.3) is 0 Å². The zero-order valence-electron chi connectivity index (χ0n) is 15.8. The predicted molar refractivity (Wildman–Crippen MR) is 97.7 cm³/mol. The lowest BCUT2D eigenvalue weighted by atomic mass is 10.2. The smallest absolute Gasteiger partial charge is 0.456 e. The van der Waals surface area contributed by atoms with Crippen LogP contribution in [0.1, 0.15) is 19.4 Å². The van der Waals surface area contributed by atoms with Crippen molar-refractivity contribution in [3.8, 4) is 17.2 Å². The minimum absolute atomic E-state index is 0.158. The van der Waals surface area contributed by atoms with E-state index in [2.05, 4.69) is 14.5 Å². The number of rotatable bonds is 5. The fraction of sp³-hybridized carbons (Fsp3) is 0.222. The Morgan fingerprint density at radius 3 is 2.29 bits per heavy atom. The number of hydrogen-bond acceptors (Lipinski definition) is 8. The van der Waals surface area contributed by atoms with Gasteiger partial charge in [-0.3, -0.25) is 10.1 Å². The molecule has 0 bridgehead atoms. The average molecular weight is 464 g/mol. The van der Waals surface area contributed by atoms with E-state index in [1.54, 1.807) is 0 Å². The first-order chi connectivity index (χ1) is 14.4. The molecule has 13 heteroatoms. The van der Waals surface area contributed by atoms with Gasteiger partial charge in [0.15, 0.2) is 0 Å². The fourth-order valence-corrected chi connectivity index (χ4v) is 2.17. The first-order valence-corrected chi connectivity index (χ1v) is 8.69. The zero-order valence-corrected chi connectivity index (χ0v) is 16.5. The van der Waals surface area contributed by atoms with Gasteiger partial charge in [0.05, 0.1) is 21.4 Å². The molecule has 166 valence electrons. The Morgan fingerprint density at radius 1 is 1.06 bits per heavy atom. The molecule has 0 aromatic heterocycles. The third kappa shape index (κ3) is 6.47. The van der Waals surface area contributed by atoms with Crippen LogP contribution in [0.5, 0.6) is 17.2 Å². The van der Waals surface area contributed by atoms with Crippen LogP contribution in [0.3, 0.4) is 0 Å². The SMILES string of the molecule is CC(C)C(=O)OOC(=O)Oc1cc(Oc2ccc(C(F)(F)F)cc2Cl)ccc1[N+](=O)[O-]. The number of alkyl halides is 3. The van der Waals surface area contributed by atoms with Crippen molar-refractivity contribution < 1.29 is 46.9 Å². The first kappa shape index (κ1) is 23.7. The summed E-state index contributed by atoms with van der Waals surface area (Å²) >= 11 is 5.80. The van der Waals surface area contributed by atoms with E-state index in [9.17, 15) is 32.9 Å². The number of halogens is 4. The van der Waals surface area contributed by atoms with Crippen LogP contribution >= 0.6 is 11.6 Å². The van der Waals surface area contributed by atoms with E-state index in [1.165, 1.54) is 13.8 Å². The van der Waals surface area contributed by atoms with Crippen molar-refractivity contribution in [2.75, 3.05) is 0 Å². The highest BCUT2D eigenvalue weighted by Crippen LogP contribution is 2.38. The van der Waals surface area contributed by atoms with Gasteiger partial charge in [0.1, 0.15) is 11.5 Å². The summed E-state index contributed by atoms with van der Waals surface area (Å²) in [7, 11) is 0. The molecule has 0 amide bonds. The largest absolute Gasteiger partial charge is 0.555 e. The second kappa shape index (κ2) is 9.51. The summed E-state index contributed by atoms with van der Waals surface area (Å²) in [6, 6.07) is 5.23. The summed E-state index contributed by atoms with van der Waals surface area (Å²) in [6.07, 6.45) is -6.20. The van der Waals surface area contributed by atoms with E-state index < -0.39 is 46.1 Å². The molecule has 0 aliphatic rings. The molecule has 2 aromatic carbocycles. The minimum atomic E-state index is -4.62. The van der Waals surface area contributed by atoms with Crippen molar-refractivity contribution in [2.45, 2.75) is 20.0 Å². The molecular weight excluding hydrogens is 451 g/mol. The highest BCUT2D eigenvalue weighted by molar-refractivity contribution is 6.32. The van der Waals surface area contributed by atoms with Crippen LogP contribution in [0.4, 0.5) is 23.7 Å². The number of nitrogens with zero attached hydrogens (tertiary/aromatic N) is 1. The average Bonchev–Trinajstić information content (AvgIpc) is 2.66. The van der Waals surface area contributed by atoms with Crippen LogP contribution in [0.15, 0.2) is 36.4 Å². The molecule has 31 heavy (non-hydrogen) atoms. The van der Waals surface area contributed by atoms with Gasteiger partial charge in [-0.15, -0.1) is 0 Å². The lowest BCUT2D eigenvalue weighted by Crippen LogP contribution is -2.18. The summed E-state index contributed by atoms with van der Waals surface area (Å²) in [5.41, 5.74) is -1.67. The fourth-order valence-electron chi connectivity index (χ4n) is 1.96. The van der Waals surface area contributed by atoms with Crippen LogP contribution in [-0.2, 0) is 20.7 Å². The van der Waals surface area contributed by atoms with Crippen molar-refractivity contribution in [1.82, 2.24) is 0 Å². The lowest BCUT2D eigenvalue weighted by Gasteiger charge is -2.12. The van der Waals surface area contributed by atoms with Crippen LogP contribution in [0, 0.1) is 16.0 Å². The Hall–Kier alpha value is -3.54. The van der Waals surface area contributed by atoms with E-state index in [4.69, 9.17) is 16.3 Å². The van der Waals surface area contributed by atoms with Gasteiger partial charge in [0, 0.05) is 12.1 Å². The number of carbonyl (C=O) groups excluding carboxylic acids is 2. The number of carbonyl (C=O) groups is 2. The number of benzene rings is 2. The van der Waals surface area contributed by atoms with Crippen molar-refractivity contribution >= 4 is 29.4 Å². The van der Waals surface area contributed by atoms with Crippen LogP contribution in [0.2, 0.25) is 5.02 Å². The molecule has 0 unspecified atom stereocenters. The second-order valence-electron chi connectivity index (χ2n) is 6.12. The van der Waals surface area contributed by atoms with Crippen LogP contribution in [-0.4, -0.2) is 17.0 Å². The van der Waals surface area contributed by atoms with E-state index in [-0.39, 0.29) is 16.5 Å². The summed E-state index contributed by atoms with van der Waals surface area (Å²) in [4.78, 5) is 41.5. The highest BCUT2D eigenvalue weighted by Gasteiger charge is 2.31. The Kier molecular flexibility index (Phi) is 7.28. The molecule has 0 aliphatic carbocycles. The Bertz CT molecular complexity index is 1010. The van der Waals surface area contributed by atoms with Gasteiger partial charge < -0.3 is 9.47 Å². The molecule has 0 fully saturated rings. The monoisotopic (exact) mass is 463 g/mol. The van der Waals surface area contributed by atoms with Crippen molar-refractivity contribution in [2.24, 2.45) is 5.92 Å². The Balaban J connectivity index is 2.22. The third-order valence-electron chi connectivity index (χ3n) is 3.47. The van der Waals surface area contributed by atoms with Crippen LogP contribution in [0.25, 0.3) is 0 Å². The predicted octanol–water partition coefficient (Wildman–Crippen LogP) is 5.69. The molecule has 0 atom stereocenters. The normalized spacial score (nSPS) is 11.1. The maximum Gasteiger partial charge on any atom is 0.555 e. The molecule has 0 saturated heterocycles. The lowest BCUT2D eigenvalue weighted by molar-refractivity contribution is -0.385. The molecule has 0 N–H and O–H groups in total. The van der Waals surface area contributed by atoms with Gasteiger partial charge in [-0.25, -0.2) is 14.6 Å². The van der Waals surface area contributed by atoms with Gasteiger partial charge in [-0.05, 0) is 24.3 Å². The van der Waals surface area contributed by atoms with E-state index in [0.29, 0.717) is 6.07 Å². The molecule has 9 nitrogen and oxygen atoms in total. The first-order valence-electron chi connectivity index (χ1n) is 8.31. The third-order valence-corrected chi connectivity index (χ3v) is 3.77. The standard InChI is InChI=1S/C18H13ClF3NO8/c1-9(2)16(24)30-31-17(25)29-15-8-11(4-5-13(15)23(26)27)28-14-6-3-10(7-12(14)19)18(20,21)22/h3-9H,1-2H3. The summed E-state index contributed by atoms with van der Waals surface area (Å²) in [5, 5.41) is 10.8. The highest BCUT2D eigenvalue weighted by atomic mass is 35.5. The maximum absolute atomic E-state index is 12.7. The van der Waals surface area contributed by atoms with Crippen molar-refractivity contribution in [3.05, 3.63) is 57.1 Å². The second-order valence-corrected chi connectivity index (χ2v) is 6.53.